The summed E-state index contributed by atoms with van der Waals surface area (Å²) >= 11 is 0. The van der Waals surface area contributed by atoms with Crippen LogP contribution in [0.15, 0.2) is 29.5 Å². The van der Waals surface area contributed by atoms with E-state index in [2.05, 4.69) is 30.7 Å². The number of ether oxygens (including phenoxy) is 1. The fourth-order valence-electron chi connectivity index (χ4n) is 2.71. The molecule has 1 atom stereocenters. The molecule has 0 spiro atoms. The molecule has 0 saturated carbocycles. The second kappa shape index (κ2) is 9.54. The van der Waals surface area contributed by atoms with Crippen LogP contribution in [-0.4, -0.2) is 51.9 Å². The number of aromatic nitrogens is 4. The lowest BCUT2D eigenvalue weighted by atomic mass is 10.1. The number of nitrogens with one attached hydrogen (secondary N) is 2. The standard InChI is InChI=1S/C16H23N7O.HI/c1-12-20-15-6-5-13(11-23(15)22-12)21-16(17-2)19-8-9-24-14-4-3-7-18-10-14;/h3-4,7,10,13H,5-6,8-9,11H2,1-2H3,(H2,17,19,21);1H. The van der Waals surface area contributed by atoms with Crippen LogP contribution in [0.2, 0.25) is 0 Å². The summed E-state index contributed by atoms with van der Waals surface area (Å²) in [7, 11) is 1.77. The van der Waals surface area contributed by atoms with Gasteiger partial charge in [0.1, 0.15) is 24.0 Å². The number of halogens is 1. The summed E-state index contributed by atoms with van der Waals surface area (Å²) in [4.78, 5) is 12.7. The van der Waals surface area contributed by atoms with Crippen molar-refractivity contribution in [3.05, 3.63) is 36.2 Å². The van der Waals surface area contributed by atoms with E-state index in [-0.39, 0.29) is 24.0 Å². The predicted octanol–water partition coefficient (Wildman–Crippen LogP) is 1.16. The Kier molecular flexibility index (Phi) is 7.41. The largest absolute Gasteiger partial charge is 0.490 e. The highest BCUT2D eigenvalue weighted by Gasteiger charge is 2.21. The molecule has 136 valence electrons. The first-order chi connectivity index (χ1) is 11.7. The van der Waals surface area contributed by atoms with Crippen molar-refractivity contribution in [2.75, 3.05) is 20.2 Å². The third-order valence-electron chi connectivity index (χ3n) is 3.83. The van der Waals surface area contributed by atoms with Gasteiger partial charge in [0.2, 0.25) is 0 Å². The Labute approximate surface area is 164 Å². The maximum absolute atomic E-state index is 5.61. The lowest BCUT2D eigenvalue weighted by molar-refractivity contribution is 0.319. The molecule has 0 fully saturated rings. The zero-order chi connectivity index (χ0) is 16.8. The lowest BCUT2D eigenvalue weighted by Crippen LogP contribution is -2.47. The zero-order valence-corrected chi connectivity index (χ0v) is 16.8. The first-order valence-electron chi connectivity index (χ1n) is 8.15. The Hall–Kier alpha value is -1.91. The van der Waals surface area contributed by atoms with Gasteiger partial charge in [0.15, 0.2) is 5.96 Å². The molecule has 1 aliphatic heterocycles. The van der Waals surface area contributed by atoms with E-state index in [0.717, 1.165) is 42.7 Å². The Morgan fingerprint density at radius 1 is 1.48 bits per heavy atom. The number of hydrogen-bond acceptors (Lipinski definition) is 5. The van der Waals surface area contributed by atoms with Crippen molar-refractivity contribution in [3.8, 4) is 5.75 Å². The third-order valence-corrected chi connectivity index (χ3v) is 3.83. The van der Waals surface area contributed by atoms with Gasteiger partial charge in [-0.2, -0.15) is 5.10 Å². The van der Waals surface area contributed by atoms with Crippen LogP contribution in [0.25, 0.3) is 0 Å². The van der Waals surface area contributed by atoms with Gasteiger partial charge in [0.05, 0.1) is 19.3 Å². The maximum Gasteiger partial charge on any atom is 0.191 e. The van der Waals surface area contributed by atoms with E-state index in [1.54, 1.807) is 19.4 Å². The van der Waals surface area contributed by atoms with Gasteiger partial charge >= 0.3 is 0 Å². The zero-order valence-electron chi connectivity index (χ0n) is 14.5. The van der Waals surface area contributed by atoms with Crippen LogP contribution in [0.4, 0.5) is 0 Å². The van der Waals surface area contributed by atoms with Crippen molar-refractivity contribution < 1.29 is 4.74 Å². The molecule has 0 aliphatic carbocycles. The molecule has 0 radical (unpaired) electrons. The van der Waals surface area contributed by atoms with Gasteiger partial charge in [-0.15, -0.1) is 24.0 Å². The Morgan fingerprint density at radius 2 is 2.36 bits per heavy atom. The first-order valence-corrected chi connectivity index (χ1v) is 8.15. The Balaban J connectivity index is 0.00000225. The molecule has 0 bridgehead atoms. The number of rotatable bonds is 5. The van der Waals surface area contributed by atoms with Crippen molar-refractivity contribution in [2.45, 2.75) is 32.4 Å². The highest BCUT2D eigenvalue weighted by atomic mass is 127. The maximum atomic E-state index is 5.61. The van der Waals surface area contributed by atoms with Gasteiger partial charge in [-0.1, -0.05) is 0 Å². The van der Waals surface area contributed by atoms with E-state index in [1.807, 2.05) is 23.7 Å². The molecule has 2 aromatic rings. The minimum Gasteiger partial charge on any atom is -0.490 e. The second-order valence-electron chi connectivity index (χ2n) is 5.67. The van der Waals surface area contributed by atoms with Gasteiger partial charge in [-0.25, -0.2) is 9.67 Å². The number of nitrogens with zero attached hydrogens (tertiary/aromatic N) is 5. The topological polar surface area (TPSA) is 89.2 Å². The van der Waals surface area contributed by atoms with E-state index in [9.17, 15) is 0 Å². The summed E-state index contributed by atoms with van der Waals surface area (Å²) in [6.45, 7) is 3.94. The van der Waals surface area contributed by atoms with E-state index >= 15 is 0 Å². The van der Waals surface area contributed by atoms with Crippen LogP contribution in [0.3, 0.4) is 0 Å². The predicted molar refractivity (Wildman–Crippen MR) is 107 cm³/mol. The fraction of sp³-hybridized carbons (Fsp3) is 0.500. The van der Waals surface area contributed by atoms with E-state index in [1.165, 1.54) is 0 Å². The number of aliphatic imine (C=N–C) groups is 1. The van der Waals surface area contributed by atoms with Crippen LogP contribution >= 0.6 is 24.0 Å². The molecule has 25 heavy (non-hydrogen) atoms. The van der Waals surface area contributed by atoms with E-state index < -0.39 is 0 Å². The molecule has 0 amide bonds. The van der Waals surface area contributed by atoms with Crippen molar-refractivity contribution in [2.24, 2.45) is 4.99 Å². The van der Waals surface area contributed by atoms with Crippen LogP contribution in [-0.2, 0) is 13.0 Å². The minimum atomic E-state index is 0. The monoisotopic (exact) mass is 457 g/mol. The number of hydrogen-bond donors (Lipinski definition) is 2. The highest BCUT2D eigenvalue weighted by molar-refractivity contribution is 14.0. The van der Waals surface area contributed by atoms with Crippen LogP contribution < -0.4 is 15.4 Å². The average molecular weight is 457 g/mol. The minimum absolute atomic E-state index is 0. The normalized spacial score (nSPS) is 16.6. The third kappa shape index (κ3) is 5.55. The van der Waals surface area contributed by atoms with Crippen molar-refractivity contribution >= 4 is 29.9 Å². The molecule has 1 unspecified atom stereocenters. The van der Waals surface area contributed by atoms with Crippen molar-refractivity contribution in [1.82, 2.24) is 30.4 Å². The molecule has 3 heterocycles. The molecular formula is C16H24IN7O. The van der Waals surface area contributed by atoms with Crippen LogP contribution in [0, 0.1) is 6.92 Å². The summed E-state index contributed by atoms with van der Waals surface area (Å²) in [5.74, 6) is 3.44. The van der Waals surface area contributed by atoms with Crippen LogP contribution in [0.1, 0.15) is 18.1 Å². The Morgan fingerprint density at radius 3 is 3.12 bits per heavy atom. The molecule has 3 rings (SSSR count). The molecule has 8 nitrogen and oxygen atoms in total. The first kappa shape index (κ1) is 19.4. The SMILES string of the molecule is CN=C(NCCOc1cccnc1)NC1CCc2nc(C)nn2C1.I. The lowest BCUT2D eigenvalue weighted by Gasteiger charge is -2.25. The molecule has 0 saturated heterocycles. The average Bonchev–Trinajstić information content (AvgIpc) is 2.97. The molecule has 2 N–H and O–H groups in total. The summed E-state index contributed by atoms with van der Waals surface area (Å²) in [6.07, 6.45) is 5.38. The van der Waals surface area contributed by atoms with E-state index in [0.29, 0.717) is 19.2 Å². The number of fused-ring (bicyclic) bond motifs is 1. The van der Waals surface area contributed by atoms with E-state index in [4.69, 9.17) is 4.74 Å². The van der Waals surface area contributed by atoms with Gasteiger partial charge in [-0.05, 0) is 25.5 Å². The van der Waals surface area contributed by atoms with Gasteiger partial charge in [0.25, 0.3) is 0 Å². The summed E-state index contributed by atoms with van der Waals surface area (Å²) < 4.78 is 7.59. The van der Waals surface area contributed by atoms with Crippen molar-refractivity contribution in [3.63, 3.8) is 0 Å². The van der Waals surface area contributed by atoms with Gasteiger partial charge in [-0.3, -0.25) is 9.98 Å². The Bertz CT molecular complexity index is 689. The quantitative estimate of drug-likeness (QED) is 0.303. The number of guanidine groups is 1. The molecule has 9 heteroatoms. The smallest absolute Gasteiger partial charge is 0.191 e. The summed E-state index contributed by atoms with van der Waals surface area (Å²) in [5.41, 5.74) is 0. The number of aryl methyl sites for hydroxylation is 2. The van der Waals surface area contributed by atoms with Gasteiger partial charge in [0, 0.05) is 25.7 Å². The molecule has 1 aliphatic rings. The van der Waals surface area contributed by atoms with Crippen LogP contribution in [0.5, 0.6) is 5.75 Å². The molecule has 2 aromatic heterocycles. The summed E-state index contributed by atoms with van der Waals surface area (Å²) in [6, 6.07) is 4.04. The summed E-state index contributed by atoms with van der Waals surface area (Å²) in [5, 5.41) is 11.1. The van der Waals surface area contributed by atoms with Crippen molar-refractivity contribution in [1.29, 1.82) is 0 Å². The molecular weight excluding hydrogens is 433 g/mol. The molecule has 0 aromatic carbocycles. The van der Waals surface area contributed by atoms with Gasteiger partial charge < -0.3 is 15.4 Å². The highest BCUT2D eigenvalue weighted by Crippen LogP contribution is 2.12. The fourth-order valence-corrected chi connectivity index (χ4v) is 2.71. The second-order valence-corrected chi connectivity index (χ2v) is 5.67. The number of pyridine rings is 1.